The van der Waals surface area contributed by atoms with Gasteiger partial charge in [0.15, 0.2) is 0 Å². The molecular weight excluding hydrogens is 138 g/mol. The van der Waals surface area contributed by atoms with Crippen LogP contribution in [-0.4, -0.2) is 12.6 Å². The lowest BCUT2D eigenvalue weighted by Crippen LogP contribution is -2.36. The zero-order chi connectivity index (χ0) is 7.26. The smallest absolute Gasteiger partial charge is 0.0392 e. The van der Waals surface area contributed by atoms with Crippen molar-refractivity contribution in [2.45, 2.75) is 12.5 Å². The Labute approximate surface area is 65.5 Å². The Kier molecular flexibility index (Phi) is 0.924. The minimum atomic E-state index is 0.646. The summed E-state index contributed by atoms with van der Waals surface area (Å²) in [6.07, 6.45) is 5.66. The van der Waals surface area contributed by atoms with Gasteiger partial charge in [0.1, 0.15) is 0 Å². The van der Waals surface area contributed by atoms with Crippen molar-refractivity contribution in [1.82, 2.24) is 16.2 Å². The van der Waals surface area contributed by atoms with Crippen LogP contribution in [0.1, 0.15) is 6.42 Å². The summed E-state index contributed by atoms with van der Waals surface area (Å²) in [6.45, 7) is 1.06. The zero-order valence-corrected chi connectivity index (χ0v) is 6.22. The molecule has 3 aliphatic heterocycles. The highest BCUT2D eigenvalue weighted by atomic mass is 15.4. The Morgan fingerprint density at radius 3 is 3.45 bits per heavy atom. The maximum atomic E-state index is 3.47. The fraction of sp³-hybridized carbons (Fsp3) is 0.500. The quantitative estimate of drug-likeness (QED) is 0.448. The minimum absolute atomic E-state index is 0.646. The van der Waals surface area contributed by atoms with Gasteiger partial charge in [-0.15, -0.1) is 0 Å². The van der Waals surface area contributed by atoms with Crippen LogP contribution in [0, 0.1) is 5.92 Å². The van der Waals surface area contributed by atoms with Gasteiger partial charge in [0.2, 0.25) is 0 Å². The standard InChI is InChI=1S/C8H11N3/c1-2-7-6-4-9-11-8(6)3-5(1)10-7/h1,3,6-7,9-11H,2,4H2. The van der Waals surface area contributed by atoms with Crippen molar-refractivity contribution in [2.75, 3.05) is 6.54 Å². The molecule has 0 spiro atoms. The van der Waals surface area contributed by atoms with Crippen molar-refractivity contribution >= 4 is 0 Å². The molecule has 0 aromatic carbocycles. The van der Waals surface area contributed by atoms with Crippen molar-refractivity contribution in [1.29, 1.82) is 0 Å². The highest BCUT2D eigenvalue weighted by Crippen LogP contribution is 2.29. The van der Waals surface area contributed by atoms with Crippen LogP contribution in [0.15, 0.2) is 23.5 Å². The van der Waals surface area contributed by atoms with E-state index in [1.54, 1.807) is 0 Å². The van der Waals surface area contributed by atoms with E-state index in [2.05, 4.69) is 28.3 Å². The Morgan fingerprint density at radius 1 is 1.45 bits per heavy atom. The maximum Gasteiger partial charge on any atom is 0.0392 e. The van der Waals surface area contributed by atoms with Crippen LogP contribution >= 0.6 is 0 Å². The molecule has 0 saturated carbocycles. The van der Waals surface area contributed by atoms with Crippen molar-refractivity contribution in [3.05, 3.63) is 23.5 Å². The van der Waals surface area contributed by atoms with Crippen LogP contribution in [0.3, 0.4) is 0 Å². The first-order valence-electron chi connectivity index (χ1n) is 4.11. The van der Waals surface area contributed by atoms with E-state index in [-0.39, 0.29) is 0 Å². The SMILES string of the molecule is C1=C2C=C3NNCC3C(C1)N2. The number of hydrogen-bond donors (Lipinski definition) is 3. The molecule has 58 valence electrons. The summed E-state index contributed by atoms with van der Waals surface area (Å²) in [5, 5.41) is 3.47. The third kappa shape index (κ3) is 0.661. The molecule has 3 heteroatoms. The second-order valence-electron chi connectivity index (χ2n) is 3.36. The second-order valence-corrected chi connectivity index (χ2v) is 3.36. The number of fused-ring (bicyclic) bond motifs is 4. The second kappa shape index (κ2) is 1.80. The fourth-order valence-corrected chi connectivity index (χ4v) is 2.09. The van der Waals surface area contributed by atoms with Gasteiger partial charge in [-0.2, -0.15) is 0 Å². The molecule has 3 nitrogen and oxygen atoms in total. The van der Waals surface area contributed by atoms with Crippen LogP contribution in [-0.2, 0) is 0 Å². The number of allylic oxidation sites excluding steroid dienone is 1. The Balaban J connectivity index is 2.04. The fourth-order valence-electron chi connectivity index (χ4n) is 2.09. The first kappa shape index (κ1) is 5.66. The average Bonchev–Trinajstić information content (AvgIpc) is 2.58. The van der Waals surface area contributed by atoms with Crippen molar-refractivity contribution < 1.29 is 0 Å². The van der Waals surface area contributed by atoms with Gasteiger partial charge >= 0.3 is 0 Å². The third-order valence-electron chi connectivity index (χ3n) is 2.69. The highest BCUT2D eigenvalue weighted by Gasteiger charge is 2.34. The lowest BCUT2D eigenvalue weighted by molar-refractivity contribution is 0.461. The lowest BCUT2D eigenvalue weighted by Gasteiger charge is -2.24. The lowest BCUT2D eigenvalue weighted by atomic mass is 9.95. The van der Waals surface area contributed by atoms with Gasteiger partial charge in [-0.3, -0.25) is 0 Å². The van der Waals surface area contributed by atoms with E-state index in [1.165, 1.54) is 17.8 Å². The molecule has 0 radical (unpaired) electrons. The predicted octanol–water partition coefficient (Wildman–Crippen LogP) is -0.146. The molecule has 2 unspecified atom stereocenters. The van der Waals surface area contributed by atoms with E-state index in [4.69, 9.17) is 0 Å². The molecule has 2 bridgehead atoms. The molecule has 2 atom stereocenters. The van der Waals surface area contributed by atoms with Crippen molar-refractivity contribution in [3.8, 4) is 0 Å². The van der Waals surface area contributed by atoms with E-state index < -0.39 is 0 Å². The van der Waals surface area contributed by atoms with E-state index >= 15 is 0 Å². The first-order valence-corrected chi connectivity index (χ1v) is 4.11. The number of hydrogen-bond acceptors (Lipinski definition) is 3. The molecule has 1 saturated heterocycles. The summed E-state index contributed by atoms with van der Waals surface area (Å²) < 4.78 is 0. The van der Waals surface area contributed by atoms with E-state index in [0.29, 0.717) is 12.0 Å². The number of nitrogens with one attached hydrogen (secondary N) is 3. The van der Waals surface area contributed by atoms with E-state index in [9.17, 15) is 0 Å². The molecule has 0 amide bonds. The Hall–Kier alpha value is -0.960. The monoisotopic (exact) mass is 149 g/mol. The van der Waals surface area contributed by atoms with Crippen molar-refractivity contribution in [2.24, 2.45) is 5.92 Å². The summed E-state index contributed by atoms with van der Waals surface area (Å²) in [4.78, 5) is 0. The summed E-state index contributed by atoms with van der Waals surface area (Å²) >= 11 is 0. The largest absolute Gasteiger partial charge is 0.381 e. The van der Waals surface area contributed by atoms with E-state index in [1.807, 2.05) is 0 Å². The first-order chi connectivity index (χ1) is 5.43. The summed E-state index contributed by atoms with van der Waals surface area (Å²) in [6, 6.07) is 0.646. The van der Waals surface area contributed by atoms with Crippen LogP contribution in [0.4, 0.5) is 0 Å². The van der Waals surface area contributed by atoms with Crippen LogP contribution < -0.4 is 16.2 Å². The molecule has 3 N–H and O–H groups in total. The van der Waals surface area contributed by atoms with Gasteiger partial charge < -0.3 is 10.7 Å². The average molecular weight is 149 g/mol. The van der Waals surface area contributed by atoms with Gasteiger partial charge in [-0.25, -0.2) is 5.43 Å². The van der Waals surface area contributed by atoms with Crippen LogP contribution in [0.25, 0.3) is 0 Å². The number of rotatable bonds is 0. The molecular formula is C8H11N3. The molecule has 1 fully saturated rings. The molecule has 0 aromatic rings. The van der Waals surface area contributed by atoms with Crippen molar-refractivity contribution in [3.63, 3.8) is 0 Å². The minimum Gasteiger partial charge on any atom is -0.381 e. The van der Waals surface area contributed by atoms with Gasteiger partial charge in [0, 0.05) is 29.9 Å². The Morgan fingerprint density at radius 2 is 2.45 bits per heavy atom. The van der Waals surface area contributed by atoms with Crippen LogP contribution in [0.5, 0.6) is 0 Å². The molecule has 3 aliphatic rings. The van der Waals surface area contributed by atoms with Gasteiger partial charge in [-0.05, 0) is 12.5 Å². The summed E-state index contributed by atoms with van der Waals surface area (Å²) in [7, 11) is 0. The van der Waals surface area contributed by atoms with E-state index in [0.717, 1.165) is 6.54 Å². The molecule has 0 aliphatic carbocycles. The molecule has 0 aromatic heterocycles. The highest BCUT2D eigenvalue weighted by molar-refractivity contribution is 5.34. The number of hydrazine groups is 1. The van der Waals surface area contributed by atoms with Crippen LogP contribution in [0.2, 0.25) is 0 Å². The summed E-state index contributed by atoms with van der Waals surface area (Å²) in [5.41, 5.74) is 9.00. The molecule has 3 rings (SSSR count). The van der Waals surface area contributed by atoms with Gasteiger partial charge in [0.25, 0.3) is 0 Å². The molecule has 11 heavy (non-hydrogen) atoms. The maximum absolute atomic E-state index is 3.47. The van der Waals surface area contributed by atoms with Gasteiger partial charge in [-0.1, -0.05) is 6.08 Å². The van der Waals surface area contributed by atoms with Gasteiger partial charge in [0.05, 0.1) is 0 Å². The third-order valence-corrected chi connectivity index (χ3v) is 2.69. The zero-order valence-electron chi connectivity index (χ0n) is 6.22. The summed E-state index contributed by atoms with van der Waals surface area (Å²) in [5.74, 6) is 0.664. The topological polar surface area (TPSA) is 36.1 Å². The normalized spacial score (nSPS) is 38.5. The molecule has 3 heterocycles. The Bertz CT molecular complexity index is 254. The predicted molar refractivity (Wildman–Crippen MR) is 42.3 cm³/mol.